The number of sulfonamides is 1. The molecule has 1 aliphatic heterocycles. The first-order valence-corrected chi connectivity index (χ1v) is 12.4. The van der Waals surface area contributed by atoms with Crippen LogP contribution >= 0.6 is 23.2 Å². The Balaban J connectivity index is 1.81. The number of carboxylic acid groups (broad SMARTS) is 1. The number of carbonyl (C=O) groups is 2. The van der Waals surface area contributed by atoms with E-state index in [0.717, 1.165) is 4.31 Å². The molecule has 1 heterocycles. The second-order valence-electron chi connectivity index (χ2n) is 7.34. The zero-order chi connectivity index (χ0) is 25.6. The highest BCUT2D eigenvalue weighted by Crippen LogP contribution is 2.26. The van der Waals surface area contributed by atoms with E-state index in [1.807, 2.05) is 0 Å². The zero-order valence-corrected chi connectivity index (χ0v) is 20.7. The topological polar surface area (TPSA) is 131 Å². The van der Waals surface area contributed by atoms with Crippen LogP contribution in [0.2, 0.25) is 10.0 Å². The maximum absolute atomic E-state index is 13.3. The SMILES string of the molecule is COc1ccc(S(=O)(=O)N2CC=CCC(NC(=O)OCc3cc(Cl)cc(Cl)c3)C2OC(=O)O)cc1. The molecule has 2 atom stereocenters. The molecule has 10 nitrogen and oxygen atoms in total. The third-order valence-electron chi connectivity index (χ3n) is 4.95. The summed E-state index contributed by atoms with van der Waals surface area (Å²) in [6.07, 6.45) is -0.945. The van der Waals surface area contributed by atoms with Crippen LogP contribution in [-0.2, 0) is 26.1 Å². The average molecular weight is 545 g/mol. The van der Waals surface area contributed by atoms with Gasteiger partial charge in [-0.05, 0) is 54.4 Å². The van der Waals surface area contributed by atoms with Crippen molar-refractivity contribution in [3.05, 3.63) is 70.2 Å². The van der Waals surface area contributed by atoms with Crippen molar-refractivity contribution in [2.45, 2.75) is 30.2 Å². The van der Waals surface area contributed by atoms with Gasteiger partial charge in [0.2, 0.25) is 10.0 Å². The molecule has 0 saturated carbocycles. The van der Waals surface area contributed by atoms with Gasteiger partial charge in [-0.3, -0.25) is 0 Å². The molecule has 0 bridgehead atoms. The molecule has 0 saturated heterocycles. The van der Waals surface area contributed by atoms with E-state index in [-0.39, 0.29) is 24.5 Å². The lowest BCUT2D eigenvalue weighted by molar-refractivity contribution is -0.0155. The predicted octanol–water partition coefficient (Wildman–Crippen LogP) is 4.27. The minimum Gasteiger partial charge on any atom is -0.497 e. The van der Waals surface area contributed by atoms with Crippen LogP contribution in [-0.4, -0.2) is 56.0 Å². The van der Waals surface area contributed by atoms with Gasteiger partial charge in [0, 0.05) is 16.6 Å². The molecule has 35 heavy (non-hydrogen) atoms. The maximum Gasteiger partial charge on any atom is 0.507 e. The quantitative estimate of drug-likeness (QED) is 0.390. The van der Waals surface area contributed by atoms with Gasteiger partial charge >= 0.3 is 12.2 Å². The van der Waals surface area contributed by atoms with Crippen LogP contribution in [0.25, 0.3) is 0 Å². The molecule has 2 N–H and O–H groups in total. The molecular formula is C22H22Cl2N2O8S. The smallest absolute Gasteiger partial charge is 0.497 e. The Kier molecular flexibility index (Phi) is 8.84. The molecule has 188 valence electrons. The number of hydrogen-bond acceptors (Lipinski definition) is 7. The first-order valence-electron chi connectivity index (χ1n) is 10.2. The minimum atomic E-state index is -4.22. The molecule has 1 amide bonds. The molecule has 1 aliphatic rings. The van der Waals surface area contributed by atoms with E-state index in [1.165, 1.54) is 37.4 Å². The first-order chi connectivity index (χ1) is 16.6. The Morgan fingerprint density at radius 3 is 2.37 bits per heavy atom. The summed E-state index contributed by atoms with van der Waals surface area (Å²) < 4.78 is 42.7. The monoisotopic (exact) mass is 544 g/mol. The third-order valence-corrected chi connectivity index (χ3v) is 7.23. The molecule has 3 rings (SSSR count). The van der Waals surface area contributed by atoms with Crippen LogP contribution in [0.5, 0.6) is 5.75 Å². The standard InChI is InChI=1S/C22H22Cl2N2O8S/c1-32-17-5-7-18(8-6-17)35(30,31)26-9-3-2-4-19(20(26)34-22(28)29)25-21(27)33-13-14-10-15(23)12-16(24)11-14/h2-3,5-8,10-12,19-20H,4,9,13H2,1H3,(H,25,27)(H,28,29). The van der Waals surface area contributed by atoms with E-state index in [9.17, 15) is 23.1 Å². The van der Waals surface area contributed by atoms with E-state index < -0.39 is 34.5 Å². The molecule has 0 radical (unpaired) electrons. The fourth-order valence-corrected chi connectivity index (χ4v) is 5.44. The van der Waals surface area contributed by atoms with Gasteiger partial charge in [-0.25, -0.2) is 18.0 Å². The number of nitrogens with zero attached hydrogens (tertiary/aromatic N) is 1. The lowest BCUT2D eigenvalue weighted by atomic mass is 10.2. The maximum atomic E-state index is 13.3. The van der Waals surface area contributed by atoms with Crippen molar-refractivity contribution in [3.63, 3.8) is 0 Å². The summed E-state index contributed by atoms with van der Waals surface area (Å²) in [7, 11) is -2.78. The summed E-state index contributed by atoms with van der Waals surface area (Å²) in [6, 6.07) is 9.15. The van der Waals surface area contributed by atoms with Gasteiger partial charge in [0.05, 0.1) is 18.0 Å². The van der Waals surface area contributed by atoms with Crippen LogP contribution in [0, 0.1) is 0 Å². The van der Waals surface area contributed by atoms with Crippen LogP contribution in [0.15, 0.2) is 59.5 Å². The number of halogens is 2. The molecule has 2 aromatic carbocycles. The van der Waals surface area contributed by atoms with Crippen molar-refractivity contribution in [1.29, 1.82) is 0 Å². The lowest BCUT2D eigenvalue weighted by Crippen LogP contribution is -2.54. The third kappa shape index (κ3) is 7.01. The summed E-state index contributed by atoms with van der Waals surface area (Å²) in [5, 5.41) is 12.5. The Morgan fingerprint density at radius 1 is 1.11 bits per heavy atom. The van der Waals surface area contributed by atoms with Crippen molar-refractivity contribution in [2.24, 2.45) is 0 Å². The number of rotatable bonds is 7. The van der Waals surface area contributed by atoms with Crippen LogP contribution in [0.4, 0.5) is 9.59 Å². The predicted molar refractivity (Wildman–Crippen MR) is 127 cm³/mol. The Hall–Kier alpha value is -2.99. The number of amides is 1. The van der Waals surface area contributed by atoms with E-state index in [2.05, 4.69) is 5.32 Å². The van der Waals surface area contributed by atoms with Gasteiger partial charge in [-0.1, -0.05) is 35.4 Å². The van der Waals surface area contributed by atoms with Crippen molar-refractivity contribution < 1.29 is 37.3 Å². The highest BCUT2D eigenvalue weighted by Gasteiger charge is 2.40. The van der Waals surface area contributed by atoms with Crippen LogP contribution < -0.4 is 10.1 Å². The normalized spacial score (nSPS) is 18.4. The number of ether oxygens (including phenoxy) is 3. The lowest BCUT2D eigenvalue weighted by Gasteiger charge is -2.32. The molecule has 0 aliphatic carbocycles. The summed E-state index contributed by atoms with van der Waals surface area (Å²) in [4.78, 5) is 23.8. The number of hydrogen-bond donors (Lipinski definition) is 2. The Labute approximate surface area is 212 Å². The van der Waals surface area contributed by atoms with Crippen LogP contribution in [0.3, 0.4) is 0 Å². The fourth-order valence-electron chi connectivity index (χ4n) is 3.37. The zero-order valence-electron chi connectivity index (χ0n) is 18.4. The number of nitrogens with one attached hydrogen (secondary N) is 1. The Morgan fingerprint density at radius 2 is 1.77 bits per heavy atom. The van der Waals surface area contributed by atoms with E-state index in [4.69, 9.17) is 37.4 Å². The summed E-state index contributed by atoms with van der Waals surface area (Å²) >= 11 is 11.9. The summed E-state index contributed by atoms with van der Waals surface area (Å²) in [5.74, 6) is 0.446. The molecule has 2 unspecified atom stereocenters. The summed E-state index contributed by atoms with van der Waals surface area (Å²) in [5.41, 5.74) is 0.528. The number of alkyl carbamates (subject to hydrolysis) is 1. The van der Waals surface area contributed by atoms with Crippen molar-refractivity contribution in [2.75, 3.05) is 13.7 Å². The molecule has 2 aromatic rings. The van der Waals surface area contributed by atoms with Gasteiger partial charge in [0.25, 0.3) is 0 Å². The van der Waals surface area contributed by atoms with E-state index in [1.54, 1.807) is 24.3 Å². The highest BCUT2D eigenvalue weighted by molar-refractivity contribution is 7.89. The van der Waals surface area contributed by atoms with Gasteiger partial charge < -0.3 is 24.6 Å². The van der Waals surface area contributed by atoms with E-state index in [0.29, 0.717) is 21.4 Å². The fraction of sp³-hybridized carbons (Fsp3) is 0.273. The molecule has 13 heteroatoms. The molecular weight excluding hydrogens is 523 g/mol. The molecule has 0 aromatic heterocycles. The van der Waals surface area contributed by atoms with E-state index >= 15 is 0 Å². The average Bonchev–Trinajstić information content (AvgIpc) is 2.99. The minimum absolute atomic E-state index is 0.0880. The number of benzene rings is 2. The second kappa shape index (κ2) is 11.6. The van der Waals surface area contributed by atoms with Gasteiger partial charge in [0.1, 0.15) is 12.4 Å². The summed E-state index contributed by atoms with van der Waals surface area (Å²) in [6.45, 7) is -0.354. The van der Waals surface area contributed by atoms with Crippen molar-refractivity contribution >= 4 is 45.5 Å². The van der Waals surface area contributed by atoms with Gasteiger partial charge in [0.15, 0.2) is 6.23 Å². The molecule has 0 spiro atoms. The Bertz CT molecular complexity index is 1180. The highest BCUT2D eigenvalue weighted by atomic mass is 35.5. The second-order valence-corrected chi connectivity index (χ2v) is 10.1. The van der Waals surface area contributed by atoms with Gasteiger partial charge in [-0.15, -0.1) is 0 Å². The largest absolute Gasteiger partial charge is 0.507 e. The number of carbonyl (C=O) groups excluding carboxylic acids is 1. The van der Waals surface area contributed by atoms with Crippen molar-refractivity contribution in [3.8, 4) is 5.75 Å². The first kappa shape index (κ1) is 26.6. The van der Waals surface area contributed by atoms with Crippen molar-refractivity contribution in [1.82, 2.24) is 9.62 Å². The number of methoxy groups -OCH3 is 1. The van der Waals surface area contributed by atoms with Gasteiger partial charge in [-0.2, -0.15) is 4.31 Å². The molecule has 0 fully saturated rings. The van der Waals surface area contributed by atoms with Crippen LogP contribution in [0.1, 0.15) is 12.0 Å².